The predicted octanol–water partition coefficient (Wildman–Crippen LogP) is 2.48. The van der Waals surface area contributed by atoms with Crippen molar-refractivity contribution in [2.75, 3.05) is 18.0 Å². The zero-order valence-corrected chi connectivity index (χ0v) is 12.4. The van der Waals surface area contributed by atoms with E-state index in [-0.39, 0.29) is 11.8 Å². The Kier molecular flexibility index (Phi) is 3.83. The molecule has 1 aromatic rings. The van der Waals surface area contributed by atoms with Gasteiger partial charge in [-0.3, -0.25) is 4.79 Å². The minimum absolute atomic E-state index is 0.159. The normalized spacial score (nSPS) is 26.4. The molecular weight excluding hydrogens is 274 g/mol. The van der Waals surface area contributed by atoms with Crippen LogP contribution in [0.5, 0.6) is 0 Å². The number of hydrogen-bond acceptors (Lipinski definition) is 3. The molecule has 20 heavy (non-hydrogen) atoms. The highest BCUT2D eigenvalue weighted by molar-refractivity contribution is 6.30. The third-order valence-electron chi connectivity index (χ3n) is 4.34. The molecule has 2 fully saturated rings. The van der Waals surface area contributed by atoms with Gasteiger partial charge in [-0.15, -0.1) is 0 Å². The zero-order valence-electron chi connectivity index (χ0n) is 11.7. The topological polar surface area (TPSA) is 45.2 Å². The summed E-state index contributed by atoms with van der Waals surface area (Å²) in [5.74, 6) is 2.01. The summed E-state index contributed by atoms with van der Waals surface area (Å²) < 4.78 is 0. The van der Waals surface area contributed by atoms with Gasteiger partial charge in [-0.05, 0) is 37.3 Å². The number of halogens is 1. The number of carbonyl (C=O) groups is 1. The number of nitrogens with zero attached hydrogens (tertiary/aromatic N) is 2. The number of anilines is 1. The second-order valence-electron chi connectivity index (χ2n) is 5.92. The van der Waals surface area contributed by atoms with E-state index in [1.54, 1.807) is 6.20 Å². The van der Waals surface area contributed by atoms with Gasteiger partial charge in [0.05, 0.1) is 5.02 Å². The van der Waals surface area contributed by atoms with Crippen LogP contribution in [0, 0.1) is 11.8 Å². The molecule has 5 heteroatoms. The summed E-state index contributed by atoms with van der Waals surface area (Å²) in [6, 6.07) is 4.23. The van der Waals surface area contributed by atoms with E-state index in [4.69, 9.17) is 11.6 Å². The van der Waals surface area contributed by atoms with Gasteiger partial charge in [0, 0.05) is 31.2 Å². The van der Waals surface area contributed by atoms with Crippen molar-refractivity contribution < 1.29 is 4.79 Å². The lowest BCUT2D eigenvalue weighted by Crippen LogP contribution is -2.41. The van der Waals surface area contributed by atoms with Crippen LogP contribution in [0.4, 0.5) is 5.82 Å². The Labute approximate surface area is 124 Å². The number of nitrogens with one attached hydrogen (secondary N) is 1. The molecule has 0 unspecified atom stereocenters. The number of rotatable bonds is 3. The fourth-order valence-corrected chi connectivity index (χ4v) is 2.86. The van der Waals surface area contributed by atoms with Gasteiger partial charge in [-0.1, -0.05) is 18.5 Å². The highest BCUT2D eigenvalue weighted by Crippen LogP contribution is 2.30. The molecule has 1 saturated carbocycles. The SMILES string of the molecule is C[C@@H]1C[C@H]1NC(=O)C1CCN(c2ccc(Cl)cn2)CC1. The van der Waals surface area contributed by atoms with E-state index < -0.39 is 0 Å². The third kappa shape index (κ3) is 3.06. The average molecular weight is 294 g/mol. The van der Waals surface area contributed by atoms with E-state index in [0.29, 0.717) is 17.0 Å². The summed E-state index contributed by atoms with van der Waals surface area (Å²) in [6.45, 7) is 3.94. The summed E-state index contributed by atoms with van der Waals surface area (Å²) in [5, 5.41) is 3.80. The van der Waals surface area contributed by atoms with Crippen molar-refractivity contribution >= 4 is 23.3 Å². The van der Waals surface area contributed by atoms with Crippen molar-refractivity contribution in [1.82, 2.24) is 10.3 Å². The molecule has 2 atom stereocenters. The lowest BCUT2D eigenvalue weighted by Gasteiger charge is -2.32. The molecule has 0 radical (unpaired) electrons. The molecule has 1 N–H and O–H groups in total. The number of piperidine rings is 1. The Morgan fingerprint density at radius 3 is 2.65 bits per heavy atom. The van der Waals surface area contributed by atoms with Gasteiger partial charge in [0.2, 0.25) is 5.91 Å². The van der Waals surface area contributed by atoms with Crippen LogP contribution in [0.25, 0.3) is 0 Å². The van der Waals surface area contributed by atoms with Crippen LogP contribution >= 0.6 is 11.6 Å². The first kappa shape index (κ1) is 13.7. The smallest absolute Gasteiger partial charge is 0.223 e. The van der Waals surface area contributed by atoms with Crippen LogP contribution in [-0.2, 0) is 4.79 Å². The minimum atomic E-state index is 0.159. The van der Waals surface area contributed by atoms with E-state index in [0.717, 1.165) is 38.2 Å². The van der Waals surface area contributed by atoms with Crippen molar-refractivity contribution in [3.63, 3.8) is 0 Å². The van der Waals surface area contributed by atoms with Crippen LogP contribution in [-0.4, -0.2) is 30.0 Å². The summed E-state index contributed by atoms with van der Waals surface area (Å²) >= 11 is 5.85. The molecule has 0 spiro atoms. The summed E-state index contributed by atoms with van der Waals surface area (Å²) in [6.07, 6.45) is 4.61. The van der Waals surface area contributed by atoms with Crippen molar-refractivity contribution in [3.05, 3.63) is 23.4 Å². The second kappa shape index (κ2) is 5.60. The monoisotopic (exact) mass is 293 g/mol. The zero-order chi connectivity index (χ0) is 14.1. The molecule has 2 aliphatic rings. The van der Waals surface area contributed by atoms with Crippen molar-refractivity contribution in [3.8, 4) is 0 Å². The first-order chi connectivity index (χ1) is 9.63. The molecule has 1 aliphatic carbocycles. The number of hydrogen-bond donors (Lipinski definition) is 1. The first-order valence-electron chi connectivity index (χ1n) is 7.30. The van der Waals surface area contributed by atoms with Crippen LogP contribution in [0.3, 0.4) is 0 Å². The standard InChI is InChI=1S/C15H20ClN3O/c1-10-8-13(10)18-15(20)11-4-6-19(7-5-11)14-3-2-12(16)9-17-14/h2-3,9-11,13H,4-8H2,1H3,(H,18,20)/t10-,13-/m1/s1. The Morgan fingerprint density at radius 2 is 2.10 bits per heavy atom. The van der Waals surface area contributed by atoms with Crippen LogP contribution in [0.2, 0.25) is 5.02 Å². The highest BCUT2D eigenvalue weighted by atomic mass is 35.5. The maximum Gasteiger partial charge on any atom is 0.223 e. The molecule has 1 saturated heterocycles. The molecule has 1 aliphatic heterocycles. The summed E-state index contributed by atoms with van der Waals surface area (Å²) in [7, 11) is 0. The largest absolute Gasteiger partial charge is 0.357 e. The van der Waals surface area contributed by atoms with Gasteiger partial charge in [0.25, 0.3) is 0 Å². The number of amides is 1. The van der Waals surface area contributed by atoms with Crippen LogP contribution < -0.4 is 10.2 Å². The molecule has 0 aromatic carbocycles. The van der Waals surface area contributed by atoms with Crippen molar-refractivity contribution in [1.29, 1.82) is 0 Å². The van der Waals surface area contributed by atoms with E-state index >= 15 is 0 Å². The first-order valence-corrected chi connectivity index (χ1v) is 7.68. The van der Waals surface area contributed by atoms with Gasteiger partial charge in [-0.25, -0.2) is 4.98 Å². The maximum absolute atomic E-state index is 12.1. The number of pyridine rings is 1. The third-order valence-corrected chi connectivity index (χ3v) is 4.56. The summed E-state index contributed by atoms with van der Waals surface area (Å²) in [5.41, 5.74) is 0. The van der Waals surface area contributed by atoms with Crippen LogP contribution in [0.15, 0.2) is 18.3 Å². The van der Waals surface area contributed by atoms with E-state index in [9.17, 15) is 4.79 Å². The van der Waals surface area contributed by atoms with Gasteiger partial charge in [-0.2, -0.15) is 0 Å². The van der Waals surface area contributed by atoms with E-state index in [1.165, 1.54) is 0 Å². The van der Waals surface area contributed by atoms with E-state index in [1.807, 2.05) is 12.1 Å². The fourth-order valence-electron chi connectivity index (χ4n) is 2.75. The van der Waals surface area contributed by atoms with Gasteiger partial charge in [0.1, 0.15) is 5.82 Å². The Bertz CT molecular complexity index is 482. The van der Waals surface area contributed by atoms with Gasteiger partial charge < -0.3 is 10.2 Å². The van der Waals surface area contributed by atoms with Crippen LogP contribution in [0.1, 0.15) is 26.2 Å². The lowest BCUT2D eigenvalue weighted by atomic mass is 9.96. The highest BCUT2D eigenvalue weighted by Gasteiger charge is 2.36. The average Bonchev–Trinajstić information content (AvgIpc) is 3.15. The number of aromatic nitrogens is 1. The fraction of sp³-hybridized carbons (Fsp3) is 0.600. The maximum atomic E-state index is 12.1. The van der Waals surface area contributed by atoms with Gasteiger partial charge in [0.15, 0.2) is 0 Å². The molecule has 1 amide bonds. The molecule has 3 rings (SSSR count). The Balaban J connectivity index is 1.51. The van der Waals surface area contributed by atoms with E-state index in [2.05, 4.69) is 22.1 Å². The second-order valence-corrected chi connectivity index (χ2v) is 6.36. The minimum Gasteiger partial charge on any atom is -0.357 e. The quantitative estimate of drug-likeness (QED) is 0.931. The van der Waals surface area contributed by atoms with Crippen molar-refractivity contribution in [2.24, 2.45) is 11.8 Å². The molecule has 2 heterocycles. The Hall–Kier alpha value is -1.29. The molecule has 1 aromatic heterocycles. The molecule has 108 valence electrons. The molecular formula is C15H20ClN3O. The molecule has 4 nitrogen and oxygen atoms in total. The Morgan fingerprint density at radius 1 is 1.40 bits per heavy atom. The summed E-state index contributed by atoms with van der Waals surface area (Å²) in [4.78, 5) is 18.7. The van der Waals surface area contributed by atoms with Crippen molar-refractivity contribution in [2.45, 2.75) is 32.2 Å². The predicted molar refractivity (Wildman–Crippen MR) is 79.9 cm³/mol. The lowest BCUT2D eigenvalue weighted by molar-refractivity contribution is -0.125. The number of carbonyl (C=O) groups excluding carboxylic acids is 1. The van der Waals surface area contributed by atoms with Gasteiger partial charge >= 0.3 is 0 Å². The molecule has 0 bridgehead atoms.